The zero-order valence-electron chi connectivity index (χ0n) is 13.9. The molecular formula is C17H19NO6. The summed E-state index contributed by atoms with van der Waals surface area (Å²) in [6.07, 6.45) is -0.243. The van der Waals surface area contributed by atoms with E-state index < -0.39 is 23.5 Å². The summed E-state index contributed by atoms with van der Waals surface area (Å²) in [5.41, 5.74) is 1.34. The first-order valence-electron chi connectivity index (χ1n) is 7.38. The number of aryl methyl sites for hydroxylation is 2. The minimum Gasteiger partial charge on any atom is -0.496 e. The van der Waals surface area contributed by atoms with Crippen molar-refractivity contribution >= 4 is 22.8 Å². The predicted molar refractivity (Wildman–Crippen MR) is 87.5 cm³/mol. The molecule has 2 N–H and O–H groups in total. The smallest absolute Gasteiger partial charge is 0.340 e. The summed E-state index contributed by atoms with van der Waals surface area (Å²) in [5, 5.41) is 11.9. The molecule has 1 heterocycles. The van der Waals surface area contributed by atoms with Crippen LogP contribution in [0.15, 0.2) is 21.3 Å². The molecule has 1 atom stereocenters. The molecule has 1 aromatic carbocycles. The van der Waals surface area contributed by atoms with E-state index in [1.807, 2.05) is 0 Å². The van der Waals surface area contributed by atoms with Crippen molar-refractivity contribution in [3.63, 3.8) is 0 Å². The number of hydrogen-bond acceptors (Lipinski definition) is 5. The van der Waals surface area contributed by atoms with Gasteiger partial charge in [0.25, 0.3) is 0 Å². The van der Waals surface area contributed by atoms with E-state index in [-0.39, 0.29) is 12.0 Å². The van der Waals surface area contributed by atoms with Gasteiger partial charge in [-0.2, -0.15) is 0 Å². The van der Waals surface area contributed by atoms with Crippen LogP contribution in [0.4, 0.5) is 0 Å². The quantitative estimate of drug-likeness (QED) is 0.804. The molecule has 0 aliphatic rings. The van der Waals surface area contributed by atoms with Crippen molar-refractivity contribution in [1.29, 1.82) is 0 Å². The lowest BCUT2D eigenvalue weighted by Crippen LogP contribution is -2.39. The number of nitrogens with one attached hydrogen (secondary N) is 1. The number of carboxylic acid groups (broad SMARTS) is 1. The number of hydrogen-bond donors (Lipinski definition) is 2. The Hall–Kier alpha value is -2.83. The highest BCUT2D eigenvalue weighted by Gasteiger charge is 2.19. The third-order valence-corrected chi connectivity index (χ3v) is 3.96. The van der Waals surface area contributed by atoms with Gasteiger partial charge in [-0.1, -0.05) is 0 Å². The summed E-state index contributed by atoms with van der Waals surface area (Å²) >= 11 is 0. The van der Waals surface area contributed by atoms with Crippen LogP contribution in [-0.4, -0.2) is 30.1 Å². The van der Waals surface area contributed by atoms with Gasteiger partial charge in [-0.15, -0.1) is 0 Å². The summed E-state index contributed by atoms with van der Waals surface area (Å²) < 4.78 is 10.6. The summed E-state index contributed by atoms with van der Waals surface area (Å²) in [4.78, 5) is 35.0. The summed E-state index contributed by atoms with van der Waals surface area (Å²) in [7, 11) is 1.53. The summed E-state index contributed by atoms with van der Waals surface area (Å²) in [6, 6.07) is 2.50. The third kappa shape index (κ3) is 3.24. The maximum absolute atomic E-state index is 12.3. The molecule has 0 unspecified atom stereocenters. The first kappa shape index (κ1) is 17.5. The van der Waals surface area contributed by atoms with Crippen LogP contribution in [0.25, 0.3) is 11.0 Å². The second kappa shape index (κ2) is 6.74. The summed E-state index contributed by atoms with van der Waals surface area (Å²) in [5.74, 6) is -1.09. The molecule has 24 heavy (non-hydrogen) atoms. The van der Waals surface area contributed by atoms with E-state index in [2.05, 4.69) is 5.32 Å². The van der Waals surface area contributed by atoms with Gasteiger partial charge in [-0.05, 0) is 38.5 Å². The van der Waals surface area contributed by atoms with Gasteiger partial charge in [-0.25, -0.2) is 4.79 Å². The highest BCUT2D eigenvalue weighted by molar-refractivity contribution is 5.88. The largest absolute Gasteiger partial charge is 0.496 e. The van der Waals surface area contributed by atoms with Gasteiger partial charge in [0.1, 0.15) is 17.4 Å². The number of carboxylic acids is 1. The van der Waals surface area contributed by atoms with Gasteiger partial charge in [-0.3, -0.25) is 9.59 Å². The number of carbonyl (C=O) groups is 2. The number of amides is 1. The molecule has 7 heteroatoms. The lowest BCUT2D eigenvalue weighted by atomic mass is 10.0. The van der Waals surface area contributed by atoms with E-state index in [0.29, 0.717) is 27.8 Å². The molecule has 0 aliphatic heterocycles. The molecular weight excluding hydrogens is 314 g/mol. The van der Waals surface area contributed by atoms with Gasteiger partial charge in [0.05, 0.1) is 19.1 Å². The maximum Gasteiger partial charge on any atom is 0.340 e. The summed E-state index contributed by atoms with van der Waals surface area (Å²) in [6.45, 7) is 4.87. The average Bonchev–Trinajstić information content (AvgIpc) is 2.52. The number of rotatable bonds is 5. The van der Waals surface area contributed by atoms with Crippen LogP contribution in [0, 0.1) is 13.8 Å². The highest BCUT2D eigenvalue weighted by atomic mass is 16.5. The molecule has 0 radical (unpaired) electrons. The Morgan fingerprint density at radius 2 is 1.96 bits per heavy atom. The van der Waals surface area contributed by atoms with E-state index >= 15 is 0 Å². The van der Waals surface area contributed by atoms with E-state index in [9.17, 15) is 14.4 Å². The van der Waals surface area contributed by atoms with Crippen LogP contribution in [0.2, 0.25) is 0 Å². The van der Waals surface area contributed by atoms with Gasteiger partial charge >= 0.3 is 11.6 Å². The van der Waals surface area contributed by atoms with Crippen LogP contribution >= 0.6 is 0 Å². The van der Waals surface area contributed by atoms with Crippen molar-refractivity contribution in [3.05, 3.63) is 39.2 Å². The molecule has 1 amide bonds. The van der Waals surface area contributed by atoms with Gasteiger partial charge < -0.3 is 19.6 Å². The SMILES string of the molecule is COc1ccc2c(C)c(CC(=O)N[C@H](C)C(=O)O)c(=O)oc2c1C. The van der Waals surface area contributed by atoms with Crippen molar-refractivity contribution in [1.82, 2.24) is 5.32 Å². The number of ether oxygens (including phenoxy) is 1. The first-order chi connectivity index (χ1) is 11.3. The first-order valence-corrected chi connectivity index (χ1v) is 7.38. The molecule has 0 bridgehead atoms. The molecule has 2 aromatic rings. The molecule has 2 rings (SSSR count). The van der Waals surface area contributed by atoms with E-state index in [4.69, 9.17) is 14.3 Å². The third-order valence-electron chi connectivity index (χ3n) is 3.96. The Labute approximate surface area is 138 Å². The lowest BCUT2D eigenvalue weighted by Gasteiger charge is -2.12. The van der Waals surface area contributed by atoms with Crippen LogP contribution in [-0.2, 0) is 16.0 Å². The second-order valence-corrected chi connectivity index (χ2v) is 5.57. The maximum atomic E-state index is 12.3. The molecule has 0 fully saturated rings. The van der Waals surface area contributed by atoms with E-state index in [0.717, 1.165) is 0 Å². The van der Waals surface area contributed by atoms with Crippen molar-refractivity contribution in [2.45, 2.75) is 33.2 Å². The molecule has 0 spiro atoms. The Morgan fingerprint density at radius 3 is 2.54 bits per heavy atom. The highest BCUT2D eigenvalue weighted by Crippen LogP contribution is 2.29. The van der Waals surface area contributed by atoms with Crippen molar-refractivity contribution in [2.75, 3.05) is 7.11 Å². The zero-order valence-corrected chi connectivity index (χ0v) is 13.9. The van der Waals surface area contributed by atoms with E-state index in [1.54, 1.807) is 26.0 Å². The molecule has 128 valence electrons. The molecule has 1 aromatic heterocycles. The number of carbonyl (C=O) groups excluding carboxylic acids is 1. The van der Waals surface area contributed by atoms with Crippen LogP contribution < -0.4 is 15.7 Å². The van der Waals surface area contributed by atoms with Gasteiger partial charge in [0.15, 0.2) is 0 Å². The second-order valence-electron chi connectivity index (χ2n) is 5.57. The lowest BCUT2D eigenvalue weighted by molar-refractivity contribution is -0.141. The average molecular weight is 333 g/mol. The number of benzene rings is 1. The Kier molecular flexibility index (Phi) is 4.92. The van der Waals surface area contributed by atoms with Gasteiger partial charge in [0.2, 0.25) is 5.91 Å². The monoisotopic (exact) mass is 333 g/mol. The van der Waals surface area contributed by atoms with Crippen LogP contribution in [0.1, 0.15) is 23.6 Å². The Balaban J connectivity index is 2.44. The molecule has 0 aliphatic carbocycles. The minimum atomic E-state index is -1.15. The fourth-order valence-electron chi connectivity index (χ4n) is 2.51. The van der Waals surface area contributed by atoms with Crippen LogP contribution in [0.3, 0.4) is 0 Å². The fourth-order valence-corrected chi connectivity index (χ4v) is 2.51. The topological polar surface area (TPSA) is 106 Å². The zero-order chi connectivity index (χ0) is 18.0. The minimum absolute atomic E-state index is 0.210. The standard InChI is InChI=1S/C17H19NO6/c1-8-11-5-6-13(23-4)9(2)15(11)24-17(22)12(8)7-14(19)18-10(3)16(20)21/h5-6,10H,7H2,1-4H3,(H,18,19)(H,20,21)/t10-/m1/s1. The predicted octanol–water partition coefficient (Wildman–Crippen LogP) is 1.55. The number of fused-ring (bicyclic) bond motifs is 1. The molecule has 0 saturated carbocycles. The molecule has 0 saturated heterocycles. The number of aliphatic carboxylic acids is 1. The van der Waals surface area contributed by atoms with E-state index in [1.165, 1.54) is 14.0 Å². The number of methoxy groups -OCH3 is 1. The Bertz CT molecular complexity index is 867. The van der Waals surface area contributed by atoms with Crippen molar-refractivity contribution < 1.29 is 23.8 Å². The van der Waals surface area contributed by atoms with Gasteiger partial charge in [0, 0.05) is 10.9 Å². The Morgan fingerprint density at radius 1 is 1.29 bits per heavy atom. The normalized spacial score (nSPS) is 12.0. The fraction of sp³-hybridized carbons (Fsp3) is 0.353. The molecule has 7 nitrogen and oxygen atoms in total. The van der Waals surface area contributed by atoms with Crippen LogP contribution in [0.5, 0.6) is 5.75 Å². The van der Waals surface area contributed by atoms with Crippen molar-refractivity contribution in [3.8, 4) is 5.75 Å². The van der Waals surface area contributed by atoms with Crippen molar-refractivity contribution in [2.24, 2.45) is 0 Å².